The SMILES string of the molecule is c1ccc(-c2cccc(-c3nc(-c4ccccc4)nc(-c4cccc5c4-c4ccccc4C54c5ccccc5-c5c4oc4ccccc54)n3)c2)cc1.c1ccc(-c2cccc(-c3nc(-c4ccccc4)nc(-c4ccccc4-c4ccc5c(c4)C4(c6ccccc6-c6ccccc64)c4oc6ccccc6c4-5)n3)c2)cc1. The van der Waals surface area contributed by atoms with Crippen molar-refractivity contribution in [3.63, 3.8) is 0 Å². The second kappa shape index (κ2) is 25.0. The zero-order valence-corrected chi connectivity index (χ0v) is 59.3. The highest BCUT2D eigenvalue weighted by Crippen LogP contribution is 2.67. The monoisotopic (exact) mass is 1400 g/mol. The average Bonchev–Trinajstić information content (AvgIpc) is 1.50. The number of hydrogen-bond donors (Lipinski definition) is 0. The van der Waals surface area contributed by atoms with Crippen LogP contribution in [0.25, 0.3) is 168 Å². The quantitative estimate of drug-likeness (QED) is 0.141. The van der Waals surface area contributed by atoms with Crippen LogP contribution in [0.1, 0.15) is 44.9 Å². The third-order valence-electron chi connectivity index (χ3n) is 22.7. The van der Waals surface area contributed by atoms with E-state index in [1.54, 1.807) is 0 Å². The first-order chi connectivity index (χ1) is 54.5. The number of para-hydroxylation sites is 2. The smallest absolute Gasteiger partial charge is 0.164 e. The van der Waals surface area contributed by atoms with Gasteiger partial charge in [-0.05, 0) is 130 Å². The van der Waals surface area contributed by atoms with E-state index in [2.05, 4.69) is 322 Å². The lowest BCUT2D eigenvalue weighted by Gasteiger charge is -2.28. The molecule has 19 aromatic rings. The summed E-state index contributed by atoms with van der Waals surface area (Å²) < 4.78 is 14.0. The molecule has 15 aromatic carbocycles. The van der Waals surface area contributed by atoms with Crippen LogP contribution in [0.4, 0.5) is 0 Å². The molecule has 0 aliphatic heterocycles. The van der Waals surface area contributed by atoms with Crippen LogP contribution in [0.2, 0.25) is 0 Å². The minimum Gasteiger partial charge on any atom is -0.459 e. The van der Waals surface area contributed by atoms with Gasteiger partial charge >= 0.3 is 0 Å². The van der Waals surface area contributed by atoms with E-state index in [-0.39, 0.29) is 0 Å². The molecule has 0 saturated carbocycles. The van der Waals surface area contributed by atoms with E-state index in [4.69, 9.17) is 38.7 Å². The highest BCUT2D eigenvalue weighted by atomic mass is 16.3. The molecule has 512 valence electrons. The molecular formula is C102H62N6O2. The number of furan rings is 2. The topological polar surface area (TPSA) is 104 Å². The van der Waals surface area contributed by atoms with Gasteiger partial charge in [0.1, 0.15) is 33.5 Å². The Morgan fingerprint density at radius 3 is 0.991 bits per heavy atom. The first kappa shape index (κ1) is 62.7. The van der Waals surface area contributed by atoms with Gasteiger partial charge in [0.15, 0.2) is 34.9 Å². The van der Waals surface area contributed by atoms with Crippen molar-refractivity contribution in [3.8, 4) is 146 Å². The molecule has 0 N–H and O–H groups in total. The zero-order valence-electron chi connectivity index (χ0n) is 59.3. The summed E-state index contributed by atoms with van der Waals surface area (Å²) in [7, 11) is 0. The van der Waals surface area contributed by atoms with Crippen LogP contribution >= 0.6 is 0 Å². The molecule has 1 unspecified atom stereocenters. The maximum atomic E-state index is 7.00. The van der Waals surface area contributed by atoms with Crippen molar-refractivity contribution in [1.82, 2.24) is 29.9 Å². The van der Waals surface area contributed by atoms with Crippen LogP contribution in [0.5, 0.6) is 0 Å². The molecule has 23 rings (SSSR count). The molecular weight excluding hydrogens is 1340 g/mol. The maximum absolute atomic E-state index is 7.00. The van der Waals surface area contributed by atoms with Gasteiger partial charge in [0.05, 0.1) is 0 Å². The molecule has 4 aliphatic carbocycles. The van der Waals surface area contributed by atoms with Crippen LogP contribution in [-0.2, 0) is 10.8 Å². The second-order valence-corrected chi connectivity index (χ2v) is 28.6. The van der Waals surface area contributed by atoms with Gasteiger partial charge in [-0.3, -0.25) is 0 Å². The number of rotatable bonds is 9. The van der Waals surface area contributed by atoms with Gasteiger partial charge in [-0.15, -0.1) is 0 Å². The molecule has 0 radical (unpaired) electrons. The Labute approximate surface area is 634 Å². The van der Waals surface area contributed by atoms with E-state index in [0.29, 0.717) is 34.9 Å². The first-order valence-corrected chi connectivity index (χ1v) is 37.3. The summed E-state index contributed by atoms with van der Waals surface area (Å²) in [6, 6.07) is 132. The van der Waals surface area contributed by atoms with E-state index in [1.165, 1.54) is 66.8 Å². The van der Waals surface area contributed by atoms with Crippen LogP contribution in [0.3, 0.4) is 0 Å². The van der Waals surface area contributed by atoms with Crippen LogP contribution in [-0.4, -0.2) is 29.9 Å². The molecule has 8 heteroatoms. The number of nitrogens with zero attached hydrogens (tertiary/aromatic N) is 6. The van der Waals surface area contributed by atoms with Crippen molar-refractivity contribution in [2.75, 3.05) is 0 Å². The van der Waals surface area contributed by atoms with Gasteiger partial charge in [0, 0.05) is 55.3 Å². The van der Waals surface area contributed by atoms with Gasteiger partial charge in [-0.2, -0.15) is 0 Å². The molecule has 4 heterocycles. The fourth-order valence-electron chi connectivity index (χ4n) is 18.0. The standard InChI is InChI=1S/C54H33N3O.C48H29N3O/c1-3-16-34(17-4-1)36-20-15-21-38(32-36)52-55-51(35-18-5-2-6-19-35)56-53(57-52)42-25-8-7-22-39(42)37-30-31-43-47(33-37)54(50-49(43)44-26-11-14-29-48(44)58-50)45-27-12-9-23-40(45)41-24-10-13-28-46(41)54;1-3-15-30(16-4-1)32-19-13-20-33(29-32)46-49-45(31-17-5-2-6-18-31)50-47(51-46)37-24-14-27-40-42(37)34-21-7-10-25-38(34)48(40)39-26-11-8-22-35(39)43-36-23-9-12-28-41(36)52-44(43)48/h1-33H;1-29H. The summed E-state index contributed by atoms with van der Waals surface area (Å²) in [5, 5.41) is 2.27. The van der Waals surface area contributed by atoms with Crippen LogP contribution < -0.4 is 0 Å². The summed E-state index contributed by atoms with van der Waals surface area (Å²) in [5.41, 5.74) is 29.6. The summed E-state index contributed by atoms with van der Waals surface area (Å²) in [5.74, 6) is 5.73. The van der Waals surface area contributed by atoms with E-state index < -0.39 is 10.8 Å². The average molecular weight is 1400 g/mol. The second-order valence-electron chi connectivity index (χ2n) is 28.6. The highest BCUT2D eigenvalue weighted by Gasteiger charge is 2.57. The lowest BCUT2D eigenvalue weighted by molar-refractivity contribution is 0.506. The number of aromatic nitrogens is 6. The van der Waals surface area contributed by atoms with Crippen molar-refractivity contribution in [2.24, 2.45) is 0 Å². The van der Waals surface area contributed by atoms with Crippen molar-refractivity contribution in [1.29, 1.82) is 0 Å². The number of fused-ring (bicyclic) bond motifs is 24. The summed E-state index contributed by atoms with van der Waals surface area (Å²) in [6.45, 7) is 0. The highest BCUT2D eigenvalue weighted by molar-refractivity contribution is 6.08. The molecule has 1 atom stereocenters. The number of benzene rings is 15. The van der Waals surface area contributed by atoms with Crippen LogP contribution in [0, 0.1) is 0 Å². The molecule has 110 heavy (non-hydrogen) atoms. The largest absolute Gasteiger partial charge is 0.459 e. The van der Waals surface area contributed by atoms with E-state index in [0.717, 1.165) is 111 Å². The summed E-state index contributed by atoms with van der Waals surface area (Å²) in [4.78, 5) is 31.1. The fourth-order valence-corrected chi connectivity index (χ4v) is 18.0. The van der Waals surface area contributed by atoms with Gasteiger partial charge in [-0.1, -0.05) is 346 Å². The molecule has 8 nitrogen and oxygen atoms in total. The molecule has 0 saturated heterocycles. The van der Waals surface area contributed by atoms with E-state index in [1.807, 2.05) is 54.6 Å². The van der Waals surface area contributed by atoms with Crippen molar-refractivity contribution >= 4 is 21.9 Å². The predicted octanol–water partition coefficient (Wildman–Crippen LogP) is 24.9. The third kappa shape index (κ3) is 9.52. The lowest BCUT2D eigenvalue weighted by atomic mass is 9.72. The maximum Gasteiger partial charge on any atom is 0.164 e. The Hall–Kier alpha value is -14.6. The number of hydrogen-bond acceptors (Lipinski definition) is 8. The van der Waals surface area contributed by atoms with Gasteiger partial charge in [0.2, 0.25) is 0 Å². The zero-order chi connectivity index (χ0) is 72.4. The van der Waals surface area contributed by atoms with Gasteiger partial charge in [-0.25, -0.2) is 29.9 Å². The summed E-state index contributed by atoms with van der Waals surface area (Å²) in [6.07, 6.45) is 0. The Morgan fingerprint density at radius 2 is 0.491 bits per heavy atom. The normalized spacial score (nSPS) is 13.9. The predicted molar refractivity (Wildman–Crippen MR) is 441 cm³/mol. The minimum absolute atomic E-state index is 0.619. The minimum atomic E-state index is -0.630. The Bertz CT molecular complexity index is 6880. The molecule has 4 aromatic heterocycles. The van der Waals surface area contributed by atoms with Crippen LogP contribution in [0.15, 0.2) is 385 Å². The summed E-state index contributed by atoms with van der Waals surface area (Å²) >= 11 is 0. The van der Waals surface area contributed by atoms with E-state index >= 15 is 0 Å². The van der Waals surface area contributed by atoms with Crippen molar-refractivity contribution < 1.29 is 8.83 Å². The lowest BCUT2D eigenvalue weighted by Crippen LogP contribution is -2.25. The van der Waals surface area contributed by atoms with Gasteiger partial charge < -0.3 is 8.83 Å². The first-order valence-electron chi connectivity index (χ1n) is 37.3. The molecule has 0 bridgehead atoms. The van der Waals surface area contributed by atoms with Crippen molar-refractivity contribution in [2.45, 2.75) is 10.8 Å². The molecule has 0 fully saturated rings. The third-order valence-corrected chi connectivity index (χ3v) is 22.7. The molecule has 4 aliphatic rings. The molecule has 2 spiro atoms. The van der Waals surface area contributed by atoms with E-state index in [9.17, 15) is 0 Å². The molecule has 0 amide bonds. The Kier molecular flexibility index (Phi) is 14.3. The fraction of sp³-hybridized carbons (Fsp3) is 0.0196. The Balaban J connectivity index is 0.000000136. The Morgan fingerprint density at radius 1 is 0.173 bits per heavy atom. The van der Waals surface area contributed by atoms with Crippen molar-refractivity contribution in [3.05, 3.63) is 421 Å². The van der Waals surface area contributed by atoms with Gasteiger partial charge in [0.25, 0.3) is 0 Å².